The summed E-state index contributed by atoms with van der Waals surface area (Å²) in [6.45, 7) is 2.41. The van der Waals surface area contributed by atoms with Gasteiger partial charge in [-0.05, 0) is 25.8 Å². The molecule has 1 N–H and O–H groups in total. The van der Waals surface area contributed by atoms with Crippen LogP contribution in [0.2, 0.25) is 0 Å². The molecule has 1 aromatic heterocycles. The molecule has 0 atom stereocenters. The molecule has 1 heterocycles. The molecule has 1 aromatic carbocycles. The van der Waals surface area contributed by atoms with Crippen LogP contribution >= 0.6 is 0 Å². The largest absolute Gasteiger partial charge is 0.392 e. The van der Waals surface area contributed by atoms with E-state index < -0.39 is 0 Å². The monoisotopic (exact) mass is 275 g/mol. The van der Waals surface area contributed by atoms with E-state index in [1.54, 1.807) is 29.0 Å². The van der Waals surface area contributed by atoms with Crippen molar-refractivity contribution in [2.75, 3.05) is 6.61 Å². The number of nitrogens with zero attached hydrogens (tertiary/aromatic N) is 3. The van der Waals surface area contributed by atoms with E-state index in [9.17, 15) is 4.39 Å². The highest BCUT2D eigenvalue weighted by Gasteiger charge is 2.05. The topological polar surface area (TPSA) is 50.9 Å². The molecule has 0 spiro atoms. The second-order valence-electron chi connectivity index (χ2n) is 4.73. The Morgan fingerprint density at radius 2 is 2.20 bits per heavy atom. The summed E-state index contributed by atoms with van der Waals surface area (Å²) in [4.78, 5) is 0. The highest BCUT2D eigenvalue weighted by Crippen LogP contribution is 2.10. The molecule has 0 aliphatic heterocycles. The Morgan fingerprint density at radius 1 is 1.40 bits per heavy atom. The molecule has 4 nitrogen and oxygen atoms in total. The number of halogens is 1. The Morgan fingerprint density at radius 3 is 2.95 bits per heavy atom. The Labute approximate surface area is 117 Å². The third kappa shape index (κ3) is 3.99. The molecule has 0 radical (unpaired) electrons. The second-order valence-corrected chi connectivity index (χ2v) is 4.73. The molecule has 0 amide bonds. The standard InChI is InChI=1S/C15H18FN3O/c1-12(8-9-20)6-7-14-11-19(18-17-14)10-13-4-2-3-5-15(13)16/h2-5,8,11,20H,6-7,9-10H2,1H3/b12-8+. The molecule has 0 aliphatic carbocycles. The van der Waals surface area contributed by atoms with Gasteiger partial charge in [-0.3, -0.25) is 0 Å². The lowest BCUT2D eigenvalue weighted by molar-refractivity contribution is 0.341. The number of aryl methyl sites for hydroxylation is 1. The van der Waals surface area contributed by atoms with Gasteiger partial charge in [-0.1, -0.05) is 35.1 Å². The number of hydrogen-bond acceptors (Lipinski definition) is 3. The van der Waals surface area contributed by atoms with E-state index in [4.69, 9.17) is 5.11 Å². The van der Waals surface area contributed by atoms with Crippen molar-refractivity contribution >= 4 is 0 Å². The van der Waals surface area contributed by atoms with Gasteiger partial charge in [0.15, 0.2) is 0 Å². The number of aliphatic hydroxyl groups is 1. The number of aromatic nitrogens is 3. The van der Waals surface area contributed by atoms with Gasteiger partial charge >= 0.3 is 0 Å². The van der Waals surface area contributed by atoms with Gasteiger partial charge in [0.1, 0.15) is 5.82 Å². The van der Waals surface area contributed by atoms with E-state index in [0.717, 1.165) is 24.1 Å². The number of allylic oxidation sites excluding steroid dienone is 1. The summed E-state index contributed by atoms with van der Waals surface area (Å²) in [6, 6.07) is 6.65. The van der Waals surface area contributed by atoms with Crippen LogP contribution in [0.1, 0.15) is 24.6 Å². The minimum atomic E-state index is -0.230. The summed E-state index contributed by atoms with van der Waals surface area (Å²) >= 11 is 0. The first-order chi connectivity index (χ1) is 9.69. The van der Waals surface area contributed by atoms with Gasteiger partial charge in [0.05, 0.1) is 18.8 Å². The quantitative estimate of drug-likeness (QED) is 0.823. The van der Waals surface area contributed by atoms with Crippen LogP contribution in [-0.4, -0.2) is 26.7 Å². The lowest BCUT2D eigenvalue weighted by Crippen LogP contribution is -2.02. The van der Waals surface area contributed by atoms with Crippen LogP contribution in [0.15, 0.2) is 42.1 Å². The van der Waals surface area contributed by atoms with Gasteiger partial charge in [-0.25, -0.2) is 9.07 Å². The van der Waals surface area contributed by atoms with Crippen LogP contribution in [0, 0.1) is 5.82 Å². The first-order valence-corrected chi connectivity index (χ1v) is 6.58. The summed E-state index contributed by atoms with van der Waals surface area (Å²) < 4.78 is 15.2. The molecule has 2 aromatic rings. The van der Waals surface area contributed by atoms with E-state index in [1.165, 1.54) is 6.07 Å². The normalized spacial score (nSPS) is 11.8. The summed E-state index contributed by atoms with van der Waals surface area (Å²) in [7, 11) is 0. The van der Waals surface area contributed by atoms with Crippen LogP contribution in [-0.2, 0) is 13.0 Å². The molecule has 5 heteroatoms. The van der Waals surface area contributed by atoms with E-state index in [1.807, 2.05) is 13.1 Å². The number of hydrogen-bond donors (Lipinski definition) is 1. The van der Waals surface area contributed by atoms with Gasteiger partial charge in [0.2, 0.25) is 0 Å². The smallest absolute Gasteiger partial charge is 0.128 e. The van der Waals surface area contributed by atoms with Crippen molar-refractivity contribution in [3.63, 3.8) is 0 Å². The van der Waals surface area contributed by atoms with Crippen molar-refractivity contribution in [3.05, 3.63) is 59.2 Å². The predicted octanol–water partition coefficient (Wildman–Crippen LogP) is 2.34. The average molecular weight is 275 g/mol. The minimum Gasteiger partial charge on any atom is -0.392 e. The molecule has 106 valence electrons. The van der Waals surface area contributed by atoms with Crippen LogP contribution < -0.4 is 0 Å². The van der Waals surface area contributed by atoms with Crippen LogP contribution in [0.3, 0.4) is 0 Å². The van der Waals surface area contributed by atoms with Crippen molar-refractivity contribution in [3.8, 4) is 0 Å². The molecule has 0 unspecified atom stereocenters. The van der Waals surface area contributed by atoms with Gasteiger partial charge in [0.25, 0.3) is 0 Å². The van der Waals surface area contributed by atoms with Crippen LogP contribution in [0.5, 0.6) is 0 Å². The molecule has 2 rings (SSSR count). The highest BCUT2D eigenvalue weighted by atomic mass is 19.1. The third-order valence-corrected chi connectivity index (χ3v) is 3.09. The van der Waals surface area contributed by atoms with Crippen molar-refractivity contribution < 1.29 is 9.50 Å². The van der Waals surface area contributed by atoms with E-state index >= 15 is 0 Å². The lowest BCUT2D eigenvalue weighted by atomic mass is 10.1. The number of aliphatic hydroxyl groups excluding tert-OH is 1. The van der Waals surface area contributed by atoms with Crippen molar-refractivity contribution in [1.29, 1.82) is 0 Å². The first kappa shape index (κ1) is 14.4. The summed E-state index contributed by atoms with van der Waals surface area (Å²) in [5, 5.41) is 16.9. The number of benzene rings is 1. The maximum Gasteiger partial charge on any atom is 0.128 e. The molecule has 0 saturated carbocycles. The fourth-order valence-corrected chi connectivity index (χ4v) is 1.91. The summed E-state index contributed by atoms with van der Waals surface area (Å²) in [5.41, 5.74) is 2.59. The predicted molar refractivity (Wildman–Crippen MR) is 74.7 cm³/mol. The Hall–Kier alpha value is -2.01. The molecular weight excluding hydrogens is 257 g/mol. The van der Waals surface area contributed by atoms with Gasteiger partial charge in [-0.2, -0.15) is 0 Å². The van der Waals surface area contributed by atoms with Gasteiger partial charge in [0, 0.05) is 11.8 Å². The zero-order valence-electron chi connectivity index (χ0n) is 11.5. The van der Waals surface area contributed by atoms with E-state index in [2.05, 4.69) is 10.3 Å². The Balaban J connectivity index is 1.96. The van der Waals surface area contributed by atoms with Gasteiger partial charge < -0.3 is 5.11 Å². The highest BCUT2D eigenvalue weighted by molar-refractivity contribution is 5.17. The molecule has 0 bridgehead atoms. The lowest BCUT2D eigenvalue weighted by Gasteiger charge is -2.01. The van der Waals surface area contributed by atoms with Crippen molar-refractivity contribution in [1.82, 2.24) is 15.0 Å². The Kier molecular flexibility index (Phi) is 5.01. The Bertz CT molecular complexity index is 592. The summed E-state index contributed by atoms with van der Waals surface area (Å²) in [6.07, 6.45) is 5.21. The molecule has 0 aliphatic rings. The summed E-state index contributed by atoms with van der Waals surface area (Å²) in [5.74, 6) is -0.230. The van der Waals surface area contributed by atoms with E-state index in [-0.39, 0.29) is 12.4 Å². The first-order valence-electron chi connectivity index (χ1n) is 6.58. The minimum absolute atomic E-state index is 0.0613. The van der Waals surface area contributed by atoms with Gasteiger partial charge in [-0.15, -0.1) is 5.10 Å². The van der Waals surface area contributed by atoms with Crippen molar-refractivity contribution in [2.45, 2.75) is 26.3 Å². The number of rotatable bonds is 6. The zero-order chi connectivity index (χ0) is 14.4. The average Bonchev–Trinajstić information content (AvgIpc) is 2.87. The van der Waals surface area contributed by atoms with Crippen LogP contribution in [0.4, 0.5) is 4.39 Å². The maximum absolute atomic E-state index is 13.5. The molecular formula is C15H18FN3O. The fraction of sp³-hybridized carbons (Fsp3) is 0.333. The van der Waals surface area contributed by atoms with E-state index in [0.29, 0.717) is 12.1 Å². The van der Waals surface area contributed by atoms with Crippen molar-refractivity contribution in [2.24, 2.45) is 0 Å². The second kappa shape index (κ2) is 6.96. The molecule has 20 heavy (non-hydrogen) atoms. The zero-order valence-corrected chi connectivity index (χ0v) is 11.5. The SMILES string of the molecule is C/C(=C\CO)CCc1cn(Cc2ccccc2F)nn1. The molecule has 0 saturated heterocycles. The maximum atomic E-state index is 13.5. The fourth-order valence-electron chi connectivity index (χ4n) is 1.91. The third-order valence-electron chi connectivity index (χ3n) is 3.09. The molecule has 0 fully saturated rings. The van der Waals surface area contributed by atoms with Crippen LogP contribution in [0.25, 0.3) is 0 Å².